The van der Waals surface area contributed by atoms with Gasteiger partial charge in [0, 0.05) is 19.8 Å². The molecule has 0 saturated carbocycles. The van der Waals surface area contributed by atoms with Gasteiger partial charge in [0.05, 0.1) is 12.3 Å². The lowest BCUT2D eigenvalue weighted by Gasteiger charge is -2.15. The van der Waals surface area contributed by atoms with Gasteiger partial charge in [-0.2, -0.15) is 0 Å². The van der Waals surface area contributed by atoms with Crippen molar-refractivity contribution < 1.29 is 9.47 Å². The lowest BCUT2D eigenvalue weighted by atomic mass is 10.7. The zero-order chi connectivity index (χ0) is 12.5. The molecule has 0 radical (unpaired) electrons. The third-order valence-electron chi connectivity index (χ3n) is 1.89. The third-order valence-corrected chi connectivity index (χ3v) is 2.88. The molecule has 0 atom stereocenters. The van der Waals surface area contributed by atoms with E-state index in [9.17, 15) is 0 Å². The van der Waals surface area contributed by atoms with Gasteiger partial charge in [-0.05, 0) is 24.3 Å². The summed E-state index contributed by atoms with van der Waals surface area (Å²) >= 11 is 1.50. The van der Waals surface area contributed by atoms with E-state index < -0.39 is 0 Å². The molecule has 0 aliphatic rings. The van der Waals surface area contributed by atoms with Crippen molar-refractivity contribution in [1.29, 1.82) is 0 Å². The Labute approximate surface area is 105 Å². The van der Waals surface area contributed by atoms with Crippen LogP contribution in [0.5, 0.6) is 0 Å². The van der Waals surface area contributed by atoms with Crippen LogP contribution in [0.4, 0.5) is 0 Å². The lowest BCUT2D eigenvalue weighted by Crippen LogP contribution is -2.20. The molecule has 0 aromatic carbocycles. The van der Waals surface area contributed by atoms with E-state index in [0.717, 1.165) is 5.16 Å². The first kappa shape index (κ1) is 14.4. The largest absolute Gasteiger partial charge is 0.352 e. The zero-order valence-electron chi connectivity index (χ0n) is 10.2. The van der Waals surface area contributed by atoms with Crippen molar-refractivity contribution in [3.05, 3.63) is 0 Å². The molecule has 0 aliphatic carbocycles. The molecule has 0 bridgehead atoms. The van der Waals surface area contributed by atoms with E-state index in [1.54, 1.807) is 4.68 Å². The maximum absolute atomic E-state index is 5.46. The van der Waals surface area contributed by atoms with Gasteiger partial charge in [0.1, 0.15) is 0 Å². The SMILES string of the molecule is CCOC(CSc1nnnn1CCN)OCC. The molecular formula is C9H19N5O2S. The average Bonchev–Trinajstić information content (AvgIpc) is 2.75. The minimum atomic E-state index is -0.224. The summed E-state index contributed by atoms with van der Waals surface area (Å²) in [6, 6.07) is 0. The van der Waals surface area contributed by atoms with Crippen molar-refractivity contribution in [2.24, 2.45) is 5.73 Å². The fourth-order valence-corrected chi connectivity index (χ4v) is 2.07. The number of rotatable bonds is 9. The molecule has 0 fully saturated rings. The van der Waals surface area contributed by atoms with Crippen LogP contribution >= 0.6 is 11.8 Å². The summed E-state index contributed by atoms with van der Waals surface area (Å²) in [7, 11) is 0. The molecule has 0 unspecified atom stereocenters. The first-order valence-corrected chi connectivity index (χ1v) is 6.62. The number of nitrogens with zero attached hydrogens (tertiary/aromatic N) is 4. The van der Waals surface area contributed by atoms with Crippen molar-refractivity contribution >= 4 is 11.8 Å². The van der Waals surface area contributed by atoms with Crippen molar-refractivity contribution in [2.45, 2.75) is 31.8 Å². The van der Waals surface area contributed by atoms with Crippen LogP contribution < -0.4 is 5.73 Å². The van der Waals surface area contributed by atoms with E-state index in [-0.39, 0.29) is 6.29 Å². The van der Waals surface area contributed by atoms with Crippen molar-refractivity contribution in [3.63, 3.8) is 0 Å². The lowest BCUT2D eigenvalue weighted by molar-refractivity contribution is -0.120. The van der Waals surface area contributed by atoms with Crippen LogP contribution in [0.2, 0.25) is 0 Å². The predicted octanol–water partition coefficient (Wildman–Crippen LogP) is 0.123. The van der Waals surface area contributed by atoms with Crippen LogP contribution in [0.25, 0.3) is 0 Å². The number of tetrazole rings is 1. The Balaban J connectivity index is 2.43. The molecule has 1 aromatic rings. The standard InChI is InChI=1S/C9H19N5O2S/c1-3-15-8(16-4-2)7-17-9-11-12-13-14(9)6-5-10/h8H,3-7,10H2,1-2H3. The molecule has 7 nitrogen and oxygen atoms in total. The van der Waals surface area contributed by atoms with Gasteiger partial charge < -0.3 is 15.2 Å². The highest BCUT2D eigenvalue weighted by Crippen LogP contribution is 2.16. The molecular weight excluding hydrogens is 242 g/mol. The van der Waals surface area contributed by atoms with Crippen LogP contribution in [0, 0.1) is 0 Å². The number of thioether (sulfide) groups is 1. The normalized spacial score (nSPS) is 11.3. The van der Waals surface area contributed by atoms with Crippen LogP contribution in [-0.2, 0) is 16.0 Å². The fourth-order valence-electron chi connectivity index (χ4n) is 1.22. The van der Waals surface area contributed by atoms with Crippen molar-refractivity contribution in [2.75, 3.05) is 25.5 Å². The average molecular weight is 261 g/mol. The highest BCUT2D eigenvalue weighted by molar-refractivity contribution is 7.99. The minimum Gasteiger partial charge on any atom is -0.352 e. The Morgan fingerprint density at radius 2 is 2.06 bits per heavy atom. The van der Waals surface area contributed by atoms with Gasteiger partial charge in [-0.1, -0.05) is 11.8 Å². The fraction of sp³-hybridized carbons (Fsp3) is 0.889. The Morgan fingerprint density at radius 1 is 1.35 bits per heavy atom. The van der Waals surface area contributed by atoms with Gasteiger partial charge in [-0.15, -0.1) is 5.10 Å². The molecule has 2 N–H and O–H groups in total. The van der Waals surface area contributed by atoms with E-state index in [0.29, 0.717) is 32.1 Å². The summed E-state index contributed by atoms with van der Waals surface area (Å²) in [5.41, 5.74) is 5.46. The Bertz CT molecular complexity index is 303. The third kappa shape index (κ3) is 4.99. The van der Waals surface area contributed by atoms with Crippen LogP contribution in [0.1, 0.15) is 13.8 Å². The van der Waals surface area contributed by atoms with Gasteiger partial charge in [0.2, 0.25) is 5.16 Å². The number of ether oxygens (including phenoxy) is 2. The van der Waals surface area contributed by atoms with E-state index >= 15 is 0 Å². The van der Waals surface area contributed by atoms with Crippen LogP contribution in [0.15, 0.2) is 5.16 Å². The molecule has 17 heavy (non-hydrogen) atoms. The van der Waals surface area contributed by atoms with Gasteiger partial charge in [-0.25, -0.2) is 4.68 Å². The quantitative estimate of drug-likeness (QED) is 0.499. The highest BCUT2D eigenvalue weighted by atomic mass is 32.2. The first-order chi connectivity index (χ1) is 8.31. The molecule has 8 heteroatoms. The van der Waals surface area contributed by atoms with E-state index in [1.165, 1.54) is 11.8 Å². The van der Waals surface area contributed by atoms with E-state index in [4.69, 9.17) is 15.2 Å². The van der Waals surface area contributed by atoms with Crippen LogP contribution in [0.3, 0.4) is 0 Å². The minimum absolute atomic E-state index is 0.224. The Kier molecular flexibility index (Phi) is 7.10. The topological polar surface area (TPSA) is 88.1 Å². The van der Waals surface area contributed by atoms with E-state index in [1.807, 2.05) is 13.8 Å². The second-order valence-electron chi connectivity index (χ2n) is 3.12. The van der Waals surface area contributed by atoms with E-state index in [2.05, 4.69) is 15.5 Å². The Hall–Kier alpha value is -0.700. The summed E-state index contributed by atoms with van der Waals surface area (Å²) in [5, 5.41) is 12.1. The zero-order valence-corrected chi connectivity index (χ0v) is 11.0. The highest BCUT2D eigenvalue weighted by Gasteiger charge is 2.12. The summed E-state index contributed by atoms with van der Waals surface area (Å²) in [6.45, 7) is 6.25. The molecule has 1 heterocycles. The molecule has 0 spiro atoms. The predicted molar refractivity (Wildman–Crippen MR) is 64.6 cm³/mol. The molecule has 98 valence electrons. The van der Waals surface area contributed by atoms with Crippen molar-refractivity contribution in [3.8, 4) is 0 Å². The molecule has 0 aliphatic heterocycles. The maximum Gasteiger partial charge on any atom is 0.209 e. The summed E-state index contributed by atoms with van der Waals surface area (Å²) in [5.74, 6) is 0.659. The molecule has 0 saturated heterocycles. The second-order valence-corrected chi connectivity index (χ2v) is 4.11. The number of aromatic nitrogens is 4. The maximum atomic E-state index is 5.46. The molecule has 0 amide bonds. The molecule has 1 rings (SSSR count). The van der Waals surface area contributed by atoms with Gasteiger partial charge >= 0.3 is 0 Å². The number of hydrogen-bond acceptors (Lipinski definition) is 7. The van der Waals surface area contributed by atoms with Crippen LogP contribution in [-0.4, -0.2) is 52.0 Å². The Morgan fingerprint density at radius 3 is 2.65 bits per heavy atom. The number of nitrogens with two attached hydrogens (primary N) is 1. The summed E-state index contributed by atoms with van der Waals surface area (Å²) < 4.78 is 12.6. The summed E-state index contributed by atoms with van der Waals surface area (Å²) in [4.78, 5) is 0. The van der Waals surface area contributed by atoms with Gasteiger partial charge in [0.15, 0.2) is 6.29 Å². The monoisotopic (exact) mass is 261 g/mol. The van der Waals surface area contributed by atoms with Crippen molar-refractivity contribution in [1.82, 2.24) is 20.2 Å². The smallest absolute Gasteiger partial charge is 0.209 e. The van der Waals surface area contributed by atoms with Gasteiger partial charge in [-0.3, -0.25) is 0 Å². The summed E-state index contributed by atoms with van der Waals surface area (Å²) in [6.07, 6.45) is -0.224. The molecule has 1 aromatic heterocycles. The van der Waals surface area contributed by atoms with Gasteiger partial charge in [0.25, 0.3) is 0 Å². The second kappa shape index (κ2) is 8.40. The number of hydrogen-bond donors (Lipinski definition) is 1. The first-order valence-electron chi connectivity index (χ1n) is 5.64.